The third kappa shape index (κ3) is 5.70. The van der Waals surface area contributed by atoms with Gasteiger partial charge in [-0.3, -0.25) is 4.79 Å². The van der Waals surface area contributed by atoms with E-state index in [1.165, 1.54) is 0 Å². The summed E-state index contributed by atoms with van der Waals surface area (Å²) < 4.78 is 11.6. The standard InChI is InChI=1S/C15H32O3Si2/c1-9-20(12(4)5,13(6)7)18-15(16)14(8)10-19-17-11(2)3/h11-14H,9-10H2,1-8H3. The van der Waals surface area contributed by atoms with Crippen molar-refractivity contribution in [2.45, 2.75) is 84.7 Å². The Bertz CT molecular complexity index is 283. The quantitative estimate of drug-likeness (QED) is 0.591. The van der Waals surface area contributed by atoms with Crippen LogP contribution in [0, 0.1) is 5.92 Å². The van der Waals surface area contributed by atoms with E-state index in [0.29, 0.717) is 20.8 Å². The molecule has 1 unspecified atom stereocenters. The van der Waals surface area contributed by atoms with Crippen molar-refractivity contribution >= 4 is 24.0 Å². The maximum absolute atomic E-state index is 12.4. The summed E-state index contributed by atoms with van der Waals surface area (Å²) in [6, 6.07) is 1.76. The third-order valence-electron chi connectivity index (χ3n) is 3.91. The highest BCUT2D eigenvalue weighted by Crippen LogP contribution is 2.37. The van der Waals surface area contributed by atoms with E-state index in [1.807, 2.05) is 20.8 Å². The lowest BCUT2D eigenvalue weighted by atomic mass is 10.2. The number of rotatable bonds is 9. The average Bonchev–Trinajstić information content (AvgIpc) is 2.34. The topological polar surface area (TPSA) is 35.5 Å². The monoisotopic (exact) mass is 316 g/mol. The molecule has 3 nitrogen and oxygen atoms in total. The molecule has 0 rings (SSSR count). The van der Waals surface area contributed by atoms with Crippen molar-refractivity contribution in [1.82, 2.24) is 0 Å². The molecule has 0 fully saturated rings. The summed E-state index contributed by atoms with van der Waals surface area (Å²) in [6.45, 7) is 16.9. The Morgan fingerprint density at radius 2 is 1.55 bits per heavy atom. The maximum Gasteiger partial charge on any atom is 0.295 e. The van der Waals surface area contributed by atoms with E-state index in [1.54, 1.807) is 0 Å². The molecule has 0 aliphatic rings. The molecule has 2 radical (unpaired) electrons. The molecule has 0 saturated carbocycles. The van der Waals surface area contributed by atoms with Gasteiger partial charge in [0, 0.05) is 6.10 Å². The van der Waals surface area contributed by atoms with Gasteiger partial charge in [0.25, 0.3) is 14.3 Å². The molecule has 0 bridgehead atoms. The molecule has 0 N–H and O–H groups in total. The molecule has 0 saturated heterocycles. The SMILES string of the molecule is CC[Si](OC(=O)C(C)C[Si]OC(C)C)(C(C)C)C(C)C. The van der Waals surface area contributed by atoms with E-state index in [-0.39, 0.29) is 18.0 Å². The molecule has 1 atom stereocenters. The van der Waals surface area contributed by atoms with E-state index >= 15 is 0 Å². The van der Waals surface area contributed by atoms with Crippen LogP contribution in [0.1, 0.15) is 55.4 Å². The van der Waals surface area contributed by atoms with Crippen LogP contribution in [0.3, 0.4) is 0 Å². The molecule has 0 aromatic rings. The number of hydrogen-bond donors (Lipinski definition) is 0. The predicted octanol–water partition coefficient (Wildman–Crippen LogP) is 4.41. The average molecular weight is 317 g/mol. The lowest BCUT2D eigenvalue weighted by Crippen LogP contribution is -2.46. The Morgan fingerprint density at radius 1 is 1.05 bits per heavy atom. The summed E-state index contributed by atoms with van der Waals surface area (Å²) in [5.74, 6) is -0.0937. The molecule has 5 heteroatoms. The molecule has 0 aromatic heterocycles. The highest BCUT2D eigenvalue weighted by molar-refractivity contribution is 6.77. The molecule has 0 spiro atoms. The van der Waals surface area contributed by atoms with Gasteiger partial charge in [-0.2, -0.15) is 0 Å². The fourth-order valence-corrected chi connectivity index (χ4v) is 7.51. The summed E-state index contributed by atoms with van der Waals surface area (Å²) in [6.07, 6.45) is 0.229. The Labute approximate surface area is 128 Å². The minimum atomic E-state index is -2.00. The molecule has 118 valence electrons. The van der Waals surface area contributed by atoms with Crippen molar-refractivity contribution in [1.29, 1.82) is 0 Å². The second-order valence-electron chi connectivity index (χ2n) is 6.46. The number of hydrogen-bond acceptors (Lipinski definition) is 3. The minimum absolute atomic E-state index is 0.0271. The van der Waals surface area contributed by atoms with E-state index in [2.05, 4.69) is 34.6 Å². The van der Waals surface area contributed by atoms with Crippen molar-refractivity contribution in [3.63, 3.8) is 0 Å². The maximum atomic E-state index is 12.4. The molecule has 0 heterocycles. The van der Waals surface area contributed by atoms with Gasteiger partial charge in [0.2, 0.25) is 9.76 Å². The van der Waals surface area contributed by atoms with Crippen LogP contribution >= 0.6 is 0 Å². The molecule has 0 aliphatic heterocycles. The van der Waals surface area contributed by atoms with Gasteiger partial charge in [0.15, 0.2) is 0 Å². The smallest absolute Gasteiger partial charge is 0.295 e. The van der Waals surface area contributed by atoms with Gasteiger partial charge >= 0.3 is 0 Å². The van der Waals surface area contributed by atoms with Gasteiger partial charge in [-0.25, -0.2) is 0 Å². The number of carbonyl (C=O) groups excluding carboxylic acids is 1. The van der Waals surface area contributed by atoms with Crippen LogP contribution < -0.4 is 0 Å². The molecule has 20 heavy (non-hydrogen) atoms. The Hall–Kier alpha value is -0.136. The van der Waals surface area contributed by atoms with Crippen molar-refractivity contribution in [2.24, 2.45) is 5.92 Å². The molecule has 0 aliphatic carbocycles. The summed E-state index contributed by atoms with van der Waals surface area (Å²) in [4.78, 5) is 12.4. The van der Waals surface area contributed by atoms with Crippen LogP contribution in [0.15, 0.2) is 0 Å². The fourth-order valence-electron chi connectivity index (χ4n) is 2.50. The lowest BCUT2D eigenvalue weighted by molar-refractivity contribution is -0.139. The second kappa shape index (κ2) is 9.00. The summed E-state index contributed by atoms with van der Waals surface area (Å²) in [5.41, 5.74) is 0.913. The van der Waals surface area contributed by atoms with E-state index < -0.39 is 8.32 Å². The minimum Gasteiger partial charge on any atom is -0.518 e. The van der Waals surface area contributed by atoms with Crippen molar-refractivity contribution < 1.29 is 13.6 Å². The van der Waals surface area contributed by atoms with Gasteiger partial charge in [-0.05, 0) is 37.0 Å². The summed E-state index contributed by atoms with van der Waals surface area (Å²) >= 11 is 0. The van der Waals surface area contributed by atoms with E-state index in [4.69, 9.17) is 8.85 Å². The van der Waals surface area contributed by atoms with Crippen molar-refractivity contribution in [3.05, 3.63) is 0 Å². The first-order valence-electron chi connectivity index (χ1n) is 7.78. The third-order valence-corrected chi connectivity index (χ3v) is 10.9. The van der Waals surface area contributed by atoms with Gasteiger partial charge in [0.1, 0.15) is 0 Å². The zero-order valence-corrected chi connectivity index (χ0v) is 16.4. The fraction of sp³-hybridized carbons (Fsp3) is 0.933. The number of carbonyl (C=O) groups is 1. The van der Waals surface area contributed by atoms with Crippen LogP contribution in [0.5, 0.6) is 0 Å². The first-order valence-corrected chi connectivity index (χ1v) is 11.2. The lowest BCUT2D eigenvalue weighted by Gasteiger charge is -2.38. The van der Waals surface area contributed by atoms with Crippen LogP contribution in [-0.4, -0.2) is 30.2 Å². The first kappa shape index (κ1) is 19.9. The predicted molar refractivity (Wildman–Crippen MR) is 88.5 cm³/mol. The normalized spacial score (nSPS) is 14.2. The molecule has 0 amide bonds. The second-order valence-corrected chi connectivity index (χ2v) is 12.5. The van der Waals surface area contributed by atoms with Crippen molar-refractivity contribution in [2.75, 3.05) is 0 Å². The molecular weight excluding hydrogens is 284 g/mol. The van der Waals surface area contributed by atoms with Crippen LogP contribution in [0.4, 0.5) is 0 Å². The zero-order valence-electron chi connectivity index (χ0n) is 14.4. The van der Waals surface area contributed by atoms with Crippen LogP contribution in [0.25, 0.3) is 0 Å². The van der Waals surface area contributed by atoms with E-state index in [0.717, 1.165) is 12.1 Å². The Kier molecular flexibility index (Phi) is 8.94. The van der Waals surface area contributed by atoms with E-state index in [9.17, 15) is 4.79 Å². The van der Waals surface area contributed by atoms with Gasteiger partial charge < -0.3 is 8.85 Å². The van der Waals surface area contributed by atoms with Gasteiger partial charge in [0.05, 0.1) is 5.92 Å². The van der Waals surface area contributed by atoms with Crippen molar-refractivity contribution in [3.8, 4) is 0 Å². The van der Waals surface area contributed by atoms with Gasteiger partial charge in [-0.15, -0.1) is 0 Å². The summed E-state index contributed by atoms with van der Waals surface area (Å²) in [7, 11) is -1.62. The Morgan fingerprint density at radius 3 is 1.90 bits per heavy atom. The van der Waals surface area contributed by atoms with Crippen LogP contribution in [-0.2, 0) is 13.6 Å². The Balaban J connectivity index is 4.60. The summed E-state index contributed by atoms with van der Waals surface area (Å²) in [5, 5.41) is 0. The van der Waals surface area contributed by atoms with Gasteiger partial charge in [-0.1, -0.05) is 41.5 Å². The van der Waals surface area contributed by atoms with Crippen LogP contribution in [0.2, 0.25) is 23.2 Å². The first-order chi connectivity index (χ1) is 9.17. The molecule has 0 aromatic carbocycles. The highest BCUT2D eigenvalue weighted by atomic mass is 28.4. The highest BCUT2D eigenvalue weighted by Gasteiger charge is 2.44. The molecular formula is C15H32O3Si2. The largest absolute Gasteiger partial charge is 0.518 e. The zero-order chi connectivity index (χ0) is 15.9.